The lowest BCUT2D eigenvalue weighted by molar-refractivity contribution is 0.477. The molecule has 0 fully saturated rings. The molecule has 0 aliphatic carbocycles. The van der Waals surface area contributed by atoms with Crippen LogP contribution in [0.1, 0.15) is 0 Å². The van der Waals surface area contributed by atoms with E-state index in [9.17, 15) is 5.11 Å². The zero-order valence-corrected chi connectivity index (χ0v) is 11.5. The second-order valence-electron chi connectivity index (χ2n) is 4.60. The summed E-state index contributed by atoms with van der Waals surface area (Å²) < 4.78 is 0. The van der Waals surface area contributed by atoms with Gasteiger partial charge in [-0.05, 0) is 34.9 Å². The first-order valence-electron chi connectivity index (χ1n) is 6.38. The van der Waals surface area contributed by atoms with E-state index < -0.39 is 0 Å². The average Bonchev–Trinajstić information content (AvgIpc) is 2.51. The van der Waals surface area contributed by atoms with Gasteiger partial charge in [0.2, 0.25) is 0 Å². The first kappa shape index (κ1) is 12.8. The maximum atomic E-state index is 9.92. The van der Waals surface area contributed by atoms with Gasteiger partial charge in [-0.25, -0.2) is 0 Å². The molecule has 2 heteroatoms. The predicted octanol–water partition coefficient (Wildman–Crippen LogP) is 5.38. The SMILES string of the molecule is Oc1ccc(Cl)cc1-c1ccc(-c2ccccc2)cc1. The van der Waals surface area contributed by atoms with Crippen LogP contribution in [-0.2, 0) is 0 Å². The number of benzene rings is 3. The van der Waals surface area contributed by atoms with Crippen LogP contribution in [0.3, 0.4) is 0 Å². The van der Waals surface area contributed by atoms with Crippen molar-refractivity contribution in [3.63, 3.8) is 0 Å². The van der Waals surface area contributed by atoms with Crippen molar-refractivity contribution in [2.75, 3.05) is 0 Å². The summed E-state index contributed by atoms with van der Waals surface area (Å²) in [6, 6.07) is 23.3. The monoisotopic (exact) mass is 280 g/mol. The molecule has 3 aromatic carbocycles. The summed E-state index contributed by atoms with van der Waals surface area (Å²) in [7, 11) is 0. The molecule has 0 atom stereocenters. The lowest BCUT2D eigenvalue weighted by Gasteiger charge is -2.07. The van der Waals surface area contributed by atoms with E-state index >= 15 is 0 Å². The quantitative estimate of drug-likeness (QED) is 0.668. The van der Waals surface area contributed by atoms with Gasteiger partial charge in [-0.1, -0.05) is 66.2 Å². The van der Waals surface area contributed by atoms with E-state index in [4.69, 9.17) is 11.6 Å². The smallest absolute Gasteiger partial charge is 0.123 e. The zero-order chi connectivity index (χ0) is 13.9. The topological polar surface area (TPSA) is 20.2 Å². The Balaban J connectivity index is 2.00. The first-order valence-corrected chi connectivity index (χ1v) is 6.76. The number of halogens is 1. The lowest BCUT2D eigenvalue weighted by atomic mass is 10.00. The second-order valence-corrected chi connectivity index (χ2v) is 5.04. The number of phenols is 1. The van der Waals surface area contributed by atoms with Crippen molar-refractivity contribution >= 4 is 11.6 Å². The van der Waals surface area contributed by atoms with E-state index in [0.717, 1.165) is 16.7 Å². The minimum absolute atomic E-state index is 0.238. The van der Waals surface area contributed by atoms with E-state index in [0.29, 0.717) is 5.02 Å². The first-order chi connectivity index (χ1) is 9.74. The Kier molecular flexibility index (Phi) is 3.44. The third kappa shape index (κ3) is 2.54. The van der Waals surface area contributed by atoms with E-state index in [2.05, 4.69) is 12.1 Å². The molecule has 0 heterocycles. The van der Waals surface area contributed by atoms with E-state index in [1.165, 1.54) is 5.56 Å². The standard InChI is InChI=1S/C18H13ClO/c19-16-10-11-18(20)17(12-16)15-8-6-14(7-9-15)13-4-2-1-3-5-13/h1-12,20H. The van der Waals surface area contributed by atoms with Crippen molar-refractivity contribution in [1.82, 2.24) is 0 Å². The molecule has 0 amide bonds. The lowest BCUT2D eigenvalue weighted by Crippen LogP contribution is -1.81. The molecule has 20 heavy (non-hydrogen) atoms. The van der Waals surface area contributed by atoms with Crippen LogP contribution in [0.2, 0.25) is 5.02 Å². The third-order valence-corrected chi connectivity index (χ3v) is 3.50. The molecule has 1 nitrogen and oxygen atoms in total. The molecule has 0 bridgehead atoms. The van der Waals surface area contributed by atoms with Gasteiger partial charge in [0.25, 0.3) is 0 Å². The van der Waals surface area contributed by atoms with E-state index in [1.807, 2.05) is 42.5 Å². The molecule has 3 aromatic rings. The molecule has 0 saturated carbocycles. The van der Waals surface area contributed by atoms with Crippen molar-refractivity contribution in [3.8, 4) is 28.0 Å². The Hall–Kier alpha value is -2.25. The van der Waals surface area contributed by atoms with Crippen LogP contribution >= 0.6 is 11.6 Å². The van der Waals surface area contributed by atoms with Crippen LogP contribution in [0.25, 0.3) is 22.3 Å². The van der Waals surface area contributed by atoms with Crippen LogP contribution < -0.4 is 0 Å². The Morgan fingerprint density at radius 1 is 0.650 bits per heavy atom. The number of rotatable bonds is 2. The van der Waals surface area contributed by atoms with Crippen LogP contribution in [0, 0.1) is 0 Å². The van der Waals surface area contributed by atoms with Crippen molar-refractivity contribution in [2.45, 2.75) is 0 Å². The molecule has 0 radical (unpaired) electrons. The molecule has 0 aliphatic heterocycles. The number of hydrogen-bond donors (Lipinski definition) is 1. The summed E-state index contributed by atoms with van der Waals surface area (Å²) >= 11 is 5.98. The highest BCUT2D eigenvalue weighted by molar-refractivity contribution is 6.31. The molecule has 0 aromatic heterocycles. The van der Waals surface area contributed by atoms with Crippen LogP contribution in [-0.4, -0.2) is 5.11 Å². The minimum Gasteiger partial charge on any atom is -0.507 e. The Morgan fingerprint density at radius 2 is 1.25 bits per heavy atom. The second kappa shape index (κ2) is 5.40. The summed E-state index contributed by atoms with van der Waals surface area (Å²) in [5.41, 5.74) is 4.02. The van der Waals surface area contributed by atoms with E-state index in [-0.39, 0.29) is 5.75 Å². The van der Waals surface area contributed by atoms with Gasteiger partial charge < -0.3 is 5.11 Å². The zero-order valence-electron chi connectivity index (χ0n) is 10.8. The maximum absolute atomic E-state index is 9.92. The molecule has 3 rings (SSSR count). The molecular formula is C18H13ClO. The van der Waals surface area contributed by atoms with Gasteiger partial charge in [0.15, 0.2) is 0 Å². The number of phenolic OH excluding ortho intramolecular Hbond substituents is 1. The Morgan fingerprint density at radius 3 is 1.95 bits per heavy atom. The molecule has 0 aliphatic rings. The summed E-state index contributed by atoms with van der Waals surface area (Å²) in [4.78, 5) is 0. The van der Waals surface area contributed by atoms with Gasteiger partial charge >= 0.3 is 0 Å². The Bertz CT molecular complexity index is 718. The third-order valence-electron chi connectivity index (χ3n) is 3.26. The van der Waals surface area contributed by atoms with Gasteiger partial charge in [0.1, 0.15) is 5.75 Å². The van der Waals surface area contributed by atoms with Gasteiger partial charge in [0, 0.05) is 10.6 Å². The summed E-state index contributed by atoms with van der Waals surface area (Å²) in [6.45, 7) is 0. The van der Waals surface area contributed by atoms with Crippen molar-refractivity contribution < 1.29 is 5.11 Å². The highest BCUT2D eigenvalue weighted by Gasteiger charge is 2.05. The summed E-state index contributed by atoms with van der Waals surface area (Å²) in [6.07, 6.45) is 0. The fourth-order valence-corrected chi connectivity index (χ4v) is 2.38. The predicted molar refractivity (Wildman–Crippen MR) is 84.0 cm³/mol. The average molecular weight is 281 g/mol. The van der Waals surface area contributed by atoms with Crippen molar-refractivity contribution in [1.29, 1.82) is 0 Å². The van der Waals surface area contributed by atoms with Crippen molar-refractivity contribution in [3.05, 3.63) is 77.8 Å². The highest BCUT2D eigenvalue weighted by Crippen LogP contribution is 2.32. The van der Waals surface area contributed by atoms with Gasteiger partial charge in [-0.15, -0.1) is 0 Å². The highest BCUT2D eigenvalue weighted by atomic mass is 35.5. The van der Waals surface area contributed by atoms with Crippen molar-refractivity contribution in [2.24, 2.45) is 0 Å². The number of hydrogen-bond acceptors (Lipinski definition) is 1. The Labute approximate surface area is 123 Å². The van der Waals surface area contributed by atoms with E-state index in [1.54, 1.807) is 18.2 Å². The number of aromatic hydroxyl groups is 1. The molecule has 98 valence electrons. The summed E-state index contributed by atoms with van der Waals surface area (Å²) in [5.74, 6) is 0.238. The fourth-order valence-electron chi connectivity index (χ4n) is 2.21. The van der Waals surface area contributed by atoms with Gasteiger partial charge in [0.05, 0.1) is 0 Å². The molecule has 1 N–H and O–H groups in total. The maximum Gasteiger partial charge on any atom is 0.123 e. The van der Waals surface area contributed by atoms with Crippen LogP contribution in [0.15, 0.2) is 72.8 Å². The normalized spacial score (nSPS) is 10.4. The van der Waals surface area contributed by atoms with Crippen LogP contribution in [0.4, 0.5) is 0 Å². The summed E-state index contributed by atoms with van der Waals surface area (Å²) in [5, 5.41) is 10.5. The molecule has 0 saturated heterocycles. The molecule has 0 spiro atoms. The molecular weight excluding hydrogens is 268 g/mol. The van der Waals surface area contributed by atoms with Gasteiger partial charge in [-0.2, -0.15) is 0 Å². The fraction of sp³-hybridized carbons (Fsp3) is 0. The minimum atomic E-state index is 0.238. The molecule has 0 unspecified atom stereocenters. The largest absolute Gasteiger partial charge is 0.507 e. The van der Waals surface area contributed by atoms with Gasteiger partial charge in [-0.3, -0.25) is 0 Å². The van der Waals surface area contributed by atoms with Crippen LogP contribution in [0.5, 0.6) is 5.75 Å².